The number of aromatic nitrogens is 2. The Kier molecular flexibility index (Phi) is 6.43. The standard InChI is InChI=1S/C20H20Cl2N4O2S/c1-12-17(9-14(21)10-18(12)22)19-11-15(25-20(23)26-19)4-2-3-13-5-7-16(8-6-13)29(24,27)28/h5-11H,2-4H2,1H3,(H2,23,25,26)(H2,24,27,28). The van der Waals surface area contributed by atoms with Gasteiger partial charge in [-0.2, -0.15) is 0 Å². The van der Waals surface area contributed by atoms with Crippen molar-refractivity contribution in [3.63, 3.8) is 0 Å². The van der Waals surface area contributed by atoms with E-state index in [0.29, 0.717) is 22.2 Å². The van der Waals surface area contributed by atoms with Crippen LogP contribution in [0, 0.1) is 6.92 Å². The Morgan fingerprint density at radius 3 is 2.34 bits per heavy atom. The zero-order valence-corrected chi connectivity index (χ0v) is 18.0. The molecule has 6 nitrogen and oxygen atoms in total. The first-order valence-electron chi connectivity index (χ1n) is 8.84. The minimum absolute atomic E-state index is 0.102. The van der Waals surface area contributed by atoms with Gasteiger partial charge >= 0.3 is 0 Å². The van der Waals surface area contributed by atoms with E-state index in [0.717, 1.165) is 35.2 Å². The quantitative estimate of drug-likeness (QED) is 0.585. The number of nitrogen functional groups attached to an aromatic ring is 1. The maximum absolute atomic E-state index is 11.3. The SMILES string of the molecule is Cc1c(Cl)cc(Cl)cc1-c1cc(CCCc2ccc(S(N)(=O)=O)cc2)nc(N)n1. The molecule has 152 valence electrons. The highest BCUT2D eigenvalue weighted by Crippen LogP contribution is 2.31. The summed E-state index contributed by atoms with van der Waals surface area (Å²) in [6, 6.07) is 11.9. The van der Waals surface area contributed by atoms with Crippen LogP contribution in [0.15, 0.2) is 47.4 Å². The van der Waals surface area contributed by atoms with Gasteiger partial charge in [0.25, 0.3) is 0 Å². The molecule has 0 atom stereocenters. The molecule has 3 rings (SSSR count). The Bertz CT molecular complexity index is 1150. The van der Waals surface area contributed by atoms with Gasteiger partial charge in [0.05, 0.1) is 10.6 Å². The van der Waals surface area contributed by atoms with Crippen LogP contribution in [0.4, 0.5) is 5.95 Å². The van der Waals surface area contributed by atoms with Crippen LogP contribution < -0.4 is 10.9 Å². The molecule has 0 amide bonds. The predicted octanol–water partition coefficient (Wildman–Crippen LogP) is 4.16. The van der Waals surface area contributed by atoms with E-state index in [1.165, 1.54) is 12.1 Å². The summed E-state index contributed by atoms with van der Waals surface area (Å²) < 4.78 is 22.7. The van der Waals surface area contributed by atoms with E-state index in [1.807, 2.05) is 13.0 Å². The van der Waals surface area contributed by atoms with Gasteiger partial charge in [0, 0.05) is 21.3 Å². The first-order chi connectivity index (χ1) is 13.6. The summed E-state index contributed by atoms with van der Waals surface area (Å²) in [6.45, 7) is 1.90. The van der Waals surface area contributed by atoms with Crippen molar-refractivity contribution in [3.8, 4) is 11.3 Å². The summed E-state index contributed by atoms with van der Waals surface area (Å²) in [5, 5.41) is 6.21. The summed E-state index contributed by atoms with van der Waals surface area (Å²) in [4.78, 5) is 8.74. The summed E-state index contributed by atoms with van der Waals surface area (Å²) in [5.74, 6) is 0.186. The van der Waals surface area contributed by atoms with Crippen LogP contribution in [-0.2, 0) is 22.9 Å². The second-order valence-corrected chi connectivity index (χ2v) is 9.11. The van der Waals surface area contributed by atoms with Crippen LogP contribution >= 0.6 is 23.2 Å². The molecule has 29 heavy (non-hydrogen) atoms. The average molecular weight is 451 g/mol. The number of aryl methyl sites for hydroxylation is 2. The van der Waals surface area contributed by atoms with Gasteiger partial charge in [-0.05, 0) is 67.6 Å². The topological polar surface area (TPSA) is 112 Å². The number of rotatable bonds is 6. The van der Waals surface area contributed by atoms with Crippen molar-refractivity contribution in [3.05, 3.63) is 69.3 Å². The lowest BCUT2D eigenvalue weighted by molar-refractivity contribution is 0.597. The zero-order chi connectivity index (χ0) is 21.2. The first kappa shape index (κ1) is 21.5. The Morgan fingerprint density at radius 2 is 1.69 bits per heavy atom. The highest BCUT2D eigenvalue weighted by Gasteiger charge is 2.12. The zero-order valence-electron chi connectivity index (χ0n) is 15.7. The summed E-state index contributed by atoms with van der Waals surface area (Å²) in [6.07, 6.45) is 2.25. The van der Waals surface area contributed by atoms with E-state index in [-0.39, 0.29) is 10.8 Å². The number of anilines is 1. The molecule has 0 radical (unpaired) electrons. The van der Waals surface area contributed by atoms with Gasteiger partial charge in [-0.25, -0.2) is 23.5 Å². The number of sulfonamides is 1. The molecule has 0 aliphatic heterocycles. The van der Waals surface area contributed by atoms with Gasteiger partial charge in [-0.3, -0.25) is 0 Å². The van der Waals surface area contributed by atoms with E-state index in [2.05, 4.69) is 9.97 Å². The van der Waals surface area contributed by atoms with Crippen molar-refractivity contribution < 1.29 is 8.42 Å². The van der Waals surface area contributed by atoms with Crippen LogP contribution in [0.1, 0.15) is 23.2 Å². The fourth-order valence-electron chi connectivity index (χ4n) is 3.02. The van der Waals surface area contributed by atoms with Crippen molar-refractivity contribution in [1.82, 2.24) is 9.97 Å². The molecule has 0 unspecified atom stereocenters. The van der Waals surface area contributed by atoms with Crippen molar-refractivity contribution >= 4 is 39.2 Å². The molecule has 0 spiro atoms. The normalized spacial score (nSPS) is 11.6. The lowest BCUT2D eigenvalue weighted by Crippen LogP contribution is -2.11. The molecule has 1 aromatic heterocycles. The number of halogens is 2. The molecule has 9 heteroatoms. The maximum atomic E-state index is 11.3. The van der Waals surface area contributed by atoms with Crippen LogP contribution in [0.5, 0.6) is 0 Å². The van der Waals surface area contributed by atoms with Gasteiger partial charge in [-0.15, -0.1) is 0 Å². The molecule has 0 saturated carbocycles. The molecule has 0 fully saturated rings. The van der Waals surface area contributed by atoms with Crippen LogP contribution in [-0.4, -0.2) is 18.4 Å². The van der Waals surface area contributed by atoms with Crippen LogP contribution in [0.3, 0.4) is 0 Å². The van der Waals surface area contributed by atoms with E-state index < -0.39 is 10.0 Å². The Hall–Kier alpha value is -2.19. The van der Waals surface area contributed by atoms with Crippen molar-refractivity contribution in [1.29, 1.82) is 0 Å². The largest absolute Gasteiger partial charge is 0.368 e. The Morgan fingerprint density at radius 1 is 1.00 bits per heavy atom. The summed E-state index contributed by atoms with van der Waals surface area (Å²) in [7, 11) is -3.68. The van der Waals surface area contributed by atoms with E-state index >= 15 is 0 Å². The van der Waals surface area contributed by atoms with Crippen LogP contribution in [0.2, 0.25) is 10.0 Å². The lowest BCUT2D eigenvalue weighted by atomic mass is 10.0. The van der Waals surface area contributed by atoms with Crippen molar-refractivity contribution in [2.75, 3.05) is 5.73 Å². The van der Waals surface area contributed by atoms with Crippen LogP contribution in [0.25, 0.3) is 11.3 Å². The van der Waals surface area contributed by atoms with Crippen molar-refractivity contribution in [2.45, 2.75) is 31.1 Å². The average Bonchev–Trinajstić information content (AvgIpc) is 2.64. The molecule has 0 aliphatic carbocycles. The van der Waals surface area contributed by atoms with Gasteiger partial charge in [-0.1, -0.05) is 35.3 Å². The smallest absolute Gasteiger partial charge is 0.238 e. The molecule has 4 N–H and O–H groups in total. The minimum Gasteiger partial charge on any atom is -0.368 e. The monoisotopic (exact) mass is 450 g/mol. The van der Waals surface area contributed by atoms with Gasteiger partial charge < -0.3 is 5.73 Å². The fraction of sp³-hybridized carbons (Fsp3) is 0.200. The molecule has 2 aromatic carbocycles. The third-order valence-corrected chi connectivity index (χ3v) is 6.07. The Balaban J connectivity index is 1.74. The van der Waals surface area contributed by atoms with Gasteiger partial charge in [0.15, 0.2) is 0 Å². The third-order valence-electron chi connectivity index (χ3n) is 4.53. The third kappa shape index (κ3) is 5.45. The first-order valence-corrected chi connectivity index (χ1v) is 11.1. The molecule has 3 aromatic rings. The van der Waals surface area contributed by atoms with Crippen molar-refractivity contribution in [2.24, 2.45) is 5.14 Å². The lowest BCUT2D eigenvalue weighted by Gasteiger charge is -2.10. The Labute approximate surface area is 179 Å². The number of primary sulfonamides is 1. The fourth-order valence-corrected chi connectivity index (χ4v) is 4.02. The molecule has 1 heterocycles. The number of benzene rings is 2. The molecule has 0 bridgehead atoms. The highest BCUT2D eigenvalue weighted by atomic mass is 35.5. The molecular weight excluding hydrogens is 431 g/mol. The number of nitrogens with two attached hydrogens (primary N) is 2. The number of nitrogens with zero attached hydrogens (tertiary/aromatic N) is 2. The van der Waals surface area contributed by atoms with E-state index in [1.54, 1.807) is 24.3 Å². The second-order valence-electron chi connectivity index (χ2n) is 6.71. The van der Waals surface area contributed by atoms with E-state index in [9.17, 15) is 8.42 Å². The maximum Gasteiger partial charge on any atom is 0.238 e. The predicted molar refractivity (Wildman–Crippen MR) is 116 cm³/mol. The van der Waals surface area contributed by atoms with Gasteiger partial charge in [0.1, 0.15) is 0 Å². The molecule has 0 aliphatic rings. The second kappa shape index (κ2) is 8.67. The minimum atomic E-state index is -3.68. The van der Waals surface area contributed by atoms with Gasteiger partial charge in [0.2, 0.25) is 16.0 Å². The molecule has 0 saturated heterocycles. The summed E-state index contributed by atoms with van der Waals surface area (Å²) >= 11 is 12.4. The van der Waals surface area contributed by atoms with E-state index in [4.69, 9.17) is 34.1 Å². The highest BCUT2D eigenvalue weighted by molar-refractivity contribution is 7.89. The molecular formula is C20H20Cl2N4O2S. The number of hydrogen-bond donors (Lipinski definition) is 2. The number of hydrogen-bond acceptors (Lipinski definition) is 5. The summed E-state index contributed by atoms with van der Waals surface area (Å²) in [5.41, 5.74) is 10.1.